The van der Waals surface area contributed by atoms with E-state index >= 15 is 0 Å². The van der Waals surface area contributed by atoms with Crippen molar-refractivity contribution >= 4 is 32.4 Å². The maximum absolute atomic E-state index is 12.2. The summed E-state index contributed by atoms with van der Waals surface area (Å²) < 4.78 is 26.6. The smallest absolute Gasteiger partial charge is 0.270 e. The third kappa shape index (κ3) is 4.09. The molecule has 2 rings (SSSR count). The molecule has 0 saturated carbocycles. The van der Waals surface area contributed by atoms with E-state index in [1.807, 2.05) is 32.0 Å². The van der Waals surface area contributed by atoms with Crippen LogP contribution in [0.15, 0.2) is 22.5 Å². The maximum Gasteiger partial charge on any atom is 0.270 e. The summed E-state index contributed by atoms with van der Waals surface area (Å²) in [7, 11) is -3.76. The molecule has 2 N–H and O–H groups in total. The molecule has 0 aliphatic heterocycles. The topological polar surface area (TPSA) is 101 Å². The number of sulfonamides is 1. The van der Waals surface area contributed by atoms with Crippen LogP contribution in [0.1, 0.15) is 23.6 Å². The van der Waals surface area contributed by atoms with E-state index in [9.17, 15) is 13.2 Å². The van der Waals surface area contributed by atoms with Gasteiger partial charge in [0.1, 0.15) is 0 Å². The Morgan fingerprint density at radius 1 is 1.27 bits per heavy atom. The number of aromatic nitrogens is 2. The van der Waals surface area contributed by atoms with Gasteiger partial charge in [0.25, 0.3) is 10.0 Å². The first kappa shape index (κ1) is 16.5. The van der Waals surface area contributed by atoms with E-state index in [2.05, 4.69) is 20.2 Å². The first-order valence-electron chi connectivity index (χ1n) is 6.45. The van der Waals surface area contributed by atoms with E-state index in [4.69, 9.17) is 0 Å². The Balaban J connectivity index is 2.10. The Morgan fingerprint density at radius 2 is 2.00 bits per heavy atom. The van der Waals surface area contributed by atoms with Crippen LogP contribution in [-0.2, 0) is 21.4 Å². The number of hydrogen-bond donors (Lipinski definition) is 2. The molecule has 22 heavy (non-hydrogen) atoms. The summed E-state index contributed by atoms with van der Waals surface area (Å²) in [5, 5.41) is 9.77. The lowest BCUT2D eigenvalue weighted by Crippen LogP contribution is -2.23. The molecule has 1 aromatic carbocycles. The predicted molar refractivity (Wildman–Crippen MR) is 84.2 cm³/mol. The lowest BCUT2D eigenvalue weighted by Gasteiger charge is -2.07. The van der Waals surface area contributed by atoms with Gasteiger partial charge in [-0.25, -0.2) is 13.1 Å². The third-order valence-corrected chi connectivity index (χ3v) is 5.48. The number of aryl methyl sites for hydroxylation is 2. The number of hydrogen-bond acceptors (Lipinski definition) is 6. The monoisotopic (exact) mass is 340 g/mol. The van der Waals surface area contributed by atoms with Crippen molar-refractivity contribution in [1.29, 1.82) is 0 Å². The third-order valence-electron chi connectivity index (χ3n) is 2.87. The van der Waals surface area contributed by atoms with Crippen molar-refractivity contribution in [3.63, 3.8) is 0 Å². The summed E-state index contributed by atoms with van der Waals surface area (Å²) in [6.45, 7) is 5.39. The molecular formula is C13H16N4O3S2. The summed E-state index contributed by atoms with van der Waals surface area (Å²) in [5.74, 6) is -0.330. The van der Waals surface area contributed by atoms with Crippen LogP contribution < -0.4 is 10.0 Å². The van der Waals surface area contributed by atoms with E-state index in [0.717, 1.165) is 28.0 Å². The van der Waals surface area contributed by atoms with Gasteiger partial charge in [0.15, 0.2) is 0 Å². The van der Waals surface area contributed by atoms with Gasteiger partial charge in [0.05, 0.1) is 0 Å². The SMILES string of the molecule is CC(=O)Nc1nnc(S(=O)(=O)NCc2ccc(C)cc2C)s1. The normalized spacial score (nSPS) is 11.4. The Bertz CT molecular complexity index is 799. The number of nitrogens with one attached hydrogen (secondary N) is 2. The zero-order valence-corrected chi connectivity index (χ0v) is 14.0. The minimum absolute atomic E-state index is 0.152. The molecule has 1 amide bonds. The Labute approximate surface area is 132 Å². The molecule has 118 valence electrons. The van der Waals surface area contributed by atoms with Crippen LogP contribution in [0.3, 0.4) is 0 Å². The van der Waals surface area contributed by atoms with E-state index in [1.165, 1.54) is 6.92 Å². The van der Waals surface area contributed by atoms with Crippen LogP contribution >= 0.6 is 11.3 Å². The molecule has 0 spiro atoms. The Kier molecular flexibility index (Phi) is 4.89. The van der Waals surface area contributed by atoms with Gasteiger partial charge >= 0.3 is 0 Å². The lowest BCUT2D eigenvalue weighted by atomic mass is 10.1. The molecular weight excluding hydrogens is 324 g/mol. The number of carbonyl (C=O) groups is 1. The largest absolute Gasteiger partial charge is 0.301 e. The average molecular weight is 340 g/mol. The fourth-order valence-electron chi connectivity index (χ4n) is 1.80. The van der Waals surface area contributed by atoms with Crippen LogP contribution in [0.5, 0.6) is 0 Å². The van der Waals surface area contributed by atoms with Crippen molar-refractivity contribution in [2.45, 2.75) is 31.7 Å². The number of benzene rings is 1. The average Bonchev–Trinajstić information content (AvgIpc) is 2.86. The molecule has 0 fully saturated rings. The summed E-state index contributed by atoms with van der Waals surface area (Å²) in [5.41, 5.74) is 3.02. The highest BCUT2D eigenvalue weighted by Crippen LogP contribution is 2.20. The minimum Gasteiger partial charge on any atom is -0.301 e. The van der Waals surface area contributed by atoms with E-state index in [-0.39, 0.29) is 21.9 Å². The van der Waals surface area contributed by atoms with Gasteiger partial charge < -0.3 is 5.32 Å². The first-order valence-corrected chi connectivity index (χ1v) is 8.75. The van der Waals surface area contributed by atoms with Crippen LogP contribution in [0.4, 0.5) is 5.13 Å². The fourth-order valence-corrected chi connectivity index (χ4v) is 3.79. The molecule has 0 atom stereocenters. The van der Waals surface area contributed by atoms with Crippen LogP contribution in [0.25, 0.3) is 0 Å². The lowest BCUT2D eigenvalue weighted by molar-refractivity contribution is -0.114. The Hall–Kier alpha value is -1.84. The molecule has 0 radical (unpaired) electrons. The maximum atomic E-state index is 12.2. The quantitative estimate of drug-likeness (QED) is 0.805. The molecule has 0 bridgehead atoms. The van der Waals surface area contributed by atoms with Gasteiger partial charge in [0.2, 0.25) is 15.4 Å². The first-order chi connectivity index (χ1) is 10.3. The fraction of sp³-hybridized carbons (Fsp3) is 0.308. The predicted octanol–water partition coefficient (Wildman–Crippen LogP) is 1.59. The van der Waals surface area contributed by atoms with Crippen molar-refractivity contribution < 1.29 is 13.2 Å². The molecule has 0 aliphatic rings. The van der Waals surface area contributed by atoms with Crippen molar-refractivity contribution in [2.75, 3.05) is 5.32 Å². The van der Waals surface area contributed by atoms with Crippen LogP contribution in [-0.4, -0.2) is 24.5 Å². The van der Waals surface area contributed by atoms with Crippen molar-refractivity contribution in [1.82, 2.24) is 14.9 Å². The highest BCUT2D eigenvalue weighted by atomic mass is 32.2. The second-order valence-electron chi connectivity index (χ2n) is 4.81. The molecule has 0 saturated heterocycles. The summed E-state index contributed by atoms with van der Waals surface area (Å²) in [6.07, 6.45) is 0. The van der Waals surface area contributed by atoms with Gasteiger partial charge in [-0.05, 0) is 25.0 Å². The second kappa shape index (κ2) is 6.51. The van der Waals surface area contributed by atoms with Gasteiger partial charge in [-0.2, -0.15) is 0 Å². The standard InChI is InChI=1S/C13H16N4O3S2/c1-8-4-5-11(9(2)6-8)7-14-22(19,20)13-17-16-12(21-13)15-10(3)18/h4-6,14H,7H2,1-3H3,(H,15,16,18). The molecule has 1 heterocycles. The van der Waals surface area contributed by atoms with E-state index in [1.54, 1.807) is 0 Å². The number of nitrogens with zero attached hydrogens (tertiary/aromatic N) is 2. The molecule has 0 unspecified atom stereocenters. The Morgan fingerprint density at radius 3 is 2.64 bits per heavy atom. The molecule has 2 aromatic rings. The van der Waals surface area contributed by atoms with Gasteiger partial charge in [-0.1, -0.05) is 35.1 Å². The molecule has 7 nitrogen and oxygen atoms in total. The summed E-state index contributed by atoms with van der Waals surface area (Å²) in [4.78, 5) is 10.9. The van der Waals surface area contributed by atoms with E-state index in [0.29, 0.717) is 0 Å². The minimum atomic E-state index is -3.76. The highest BCUT2D eigenvalue weighted by Gasteiger charge is 2.20. The molecule has 1 aromatic heterocycles. The zero-order chi connectivity index (χ0) is 16.3. The second-order valence-corrected chi connectivity index (χ2v) is 7.73. The van der Waals surface area contributed by atoms with Gasteiger partial charge in [-0.3, -0.25) is 4.79 Å². The van der Waals surface area contributed by atoms with Gasteiger partial charge in [-0.15, -0.1) is 10.2 Å². The number of carbonyl (C=O) groups excluding carboxylic acids is 1. The number of rotatable bonds is 5. The summed E-state index contributed by atoms with van der Waals surface area (Å²) >= 11 is 0.805. The van der Waals surface area contributed by atoms with Crippen molar-refractivity contribution in [2.24, 2.45) is 0 Å². The van der Waals surface area contributed by atoms with Gasteiger partial charge in [0, 0.05) is 13.5 Å². The van der Waals surface area contributed by atoms with Crippen molar-refractivity contribution in [3.05, 3.63) is 34.9 Å². The van der Waals surface area contributed by atoms with E-state index < -0.39 is 10.0 Å². The molecule has 0 aliphatic carbocycles. The highest BCUT2D eigenvalue weighted by molar-refractivity contribution is 7.91. The zero-order valence-electron chi connectivity index (χ0n) is 12.4. The van der Waals surface area contributed by atoms with Crippen molar-refractivity contribution in [3.8, 4) is 0 Å². The number of amides is 1. The van der Waals surface area contributed by atoms with Crippen LogP contribution in [0.2, 0.25) is 0 Å². The molecule has 9 heteroatoms. The number of anilines is 1. The summed E-state index contributed by atoms with van der Waals surface area (Å²) in [6, 6.07) is 5.80. The van der Waals surface area contributed by atoms with Crippen LogP contribution in [0, 0.1) is 13.8 Å².